The summed E-state index contributed by atoms with van der Waals surface area (Å²) in [6.45, 7) is 3.95. The van der Waals surface area contributed by atoms with E-state index >= 15 is 0 Å². The van der Waals surface area contributed by atoms with Gasteiger partial charge < -0.3 is 15.0 Å². The maximum atomic E-state index is 12.5. The van der Waals surface area contributed by atoms with E-state index in [0.29, 0.717) is 18.1 Å². The zero-order chi connectivity index (χ0) is 15.9. The molecule has 2 fully saturated rings. The minimum Gasteiger partial charge on any atom is -0.478 e. The lowest BCUT2D eigenvalue weighted by atomic mass is 9.87. The Bertz CT molecular complexity index is 519. The molecule has 0 unspecified atom stereocenters. The van der Waals surface area contributed by atoms with E-state index in [-0.39, 0.29) is 30.7 Å². The van der Waals surface area contributed by atoms with Crippen molar-refractivity contribution in [2.45, 2.75) is 38.5 Å². The zero-order valence-corrected chi connectivity index (χ0v) is 16.2. The van der Waals surface area contributed by atoms with Crippen LogP contribution >= 0.6 is 24.8 Å². The van der Waals surface area contributed by atoms with Gasteiger partial charge in [-0.2, -0.15) is 0 Å². The fourth-order valence-corrected chi connectivity index (χ4v) is 3.48. The van der Waals surface area contributed by atoms with Gasteiger partial charge in [0.25, 0.3) is 5.91 Å². The largest absolute Gasteiger partial charge is 0.478 e. The minimum atomic E-state index is 0. The molecule has 5 nitrogen and oxygen atoms in total. The van der Waals surface area contributed by atoms with E-state index in [1.807, 2.05) is 4.90 Å². The number of nitrogens with one attached hydrogen (secondary N) is 1. The van der Waals surface area contributed by atoms with Gasteiger partial charge in [0.1, 0.15) is 0 Å². The number of hydrogen-bond acceptors (Lipinski definition) is 4. The standard InChI is InChI=1S/C18H27N3O2.2ClH/c22-18(21-11-9-19-10-12-21)16-6-8-20-17(14-16)23-13-7-15-4-2-1-3-5-15;;/h6,8,14-15,19H,1-5,7,9-13H2;2*1H. The lowest BCUT2D eigenvalue weighted by molar-refractivity contribution is 0.0735. The fraction of sp³-hybridized carbons (Fsp3) is 0.667. The third-order valence-electron chi connectivity index (χ3n) is 4.89. The number of amides is 1. The Morgan fingerprint density at radius 3 is 2.64 bits per heavy atom. The first kappa shape index (κ1) is 22.0. The summed E-state index contributed by atoms with van der Waals surface area (Å²) in [5.74, 6) is 1.45. The van der Waals surface area contributed by atoms with Crippen LogP contribution in [-0.2, 0) is 0 Å². The van der Waals surface area contributed by atoms with Crippen LogP contribution in [0.15, 0.2) is 18.3 Å². The van der Waals surface area contributed by atoms with Crippen molar-refractivity contribution in [1.82, 2.24) is 15.2 Å². The predicted octanol–water partition coefficient (Wildman–Crippen LogP) is 3.32. The molecular formula is C18H29Cl2N3O2. The Labute approximate surface area is 162 Å². The minimum absolute atomic E-state index is 0. The van der Waals surface area contributed by atoms with Crippen molar-refractivity contribution in [1.29, 1.82) is 0 Å². The summed E-state index contributed by atoms with van der Waals surface area (Å²) in [6, 6.07) is 3.56. The molecule has 0 atom stereocenters. The van der Waals surface area contributed by atoms with Gasteiger partial charge in [0, 0.05) is 44.0 Å². The molecule has 142 valence electrons. The number of nitrogens with zero attached hydrogens (tertiary/aromatic N) is 2. The van der Waals surface area contributed by atoms with Gasteiger partial charge in [-0.05, 0) is 18.4 Å². The molecule has 1 saturated carbocycles. The van der Waals surface area contributed by atoms with Crippen molar-refractivity contribution in [3.05, 3.63) is 23.9 Å². The normalized spacial score (nSPS) is 18.0. The summed E-state index contributed by atoms with van der Waals surface area (Å²) in [5, 5.41) is 3.26. The molecule has 2 heterocycles. The summed E-state index contributed by atoms with van der Waals surface area (Å²) >= 11 is 0. The van der Waals surface area contributed by atoms with Crippen molar-refractivity contribution in [3.63, 3.8) is 0 Å². The molecule has 1 aromatic rings. The molecule has 2 aliphatic rings. The van der Waals surface area contributed by atoms with E-state index in [9.17, 15) is 4.79 Å². The summed E-state index contributed by atoms with van der Waals surface area (Å²) in [5.41, 5.74) is 0.676. The number of aromatic nitrogens is 1. The Morgan fingerprint density at radius 2 is 1.92 bits per heavy atom. The van der Waals surface area contributed by atoms with Crippen LogP contribution in [0.1, 0.15) is 48.9 Å². The summed E-state index contributed by atoms with van der Waals surface area (Å²) in [7, 11) is 0. The van der Waals surface area contributed by atoms with E-state index in [4.69, 9.17) is 4.74 Å². The molecule has 7 heteroatoms. The third kappa shape index (κ3) is 6.65. The quantitative estimate of drug-likeness (QED) is 0.838. The van der Waals surface area contributed by atoms with Gasteiger partial charge in [-0.25, -0.2) is 4.98 Å². The third-order valence-corrected chi connectivity index (χ3v) is 4.89. The summed E-state index contributed by atoms with van der Waals surface area (Å²) < 4.78 is 5.79. The Morgan fingerprint density at radius 1 is 1.20 bits per heavy atom. The van der Waals surface area contributed by atoms with Crippen molar-refractivity contribution in [2.75, 3.05) is 32.8 Å². The second-order valence-electron chi connectivity index (χ2n) is 6.57. The average Bonchev–Trinajstić information content (AvgIpc) is 2.63. The maximum absolute atomic E-state index is 12.5. The van der Waals surface area contributed by atoms with Crippen LogP contribution < -0.4 is 10.1 Å². The Hall–Kier alpha value is -1.04. The van der Waals surface area contributed by atoms with Gasteiger partial charge in [-0.3, -0.25) is 4.79 Å². The molecule has 25 heavy (non-hydrogen) atoms. The SMILES string of the molecule is Cl.Cl.O=C(c1ccnc(OCCC2CCCCC2)c1)N1CCNCC1. The van der Waals surface area contributed by atoms with E-state index in [1.165, 1.54) is 32.1 Å². The van der Waals surface area contributed by atoms with Crippen LogP contribution in [-0.4, -0.2) is 48.6 Å². The fourth-order valence-electron chi connectivity index (χ4n) is 3.48. The highest BCUT2D eigenvalue weighted by Gasteiger charge is 2.18. The van der Waals surface area contributed by atoms with Crippen LogP contribution in [0, 0.1) is 5.92 Å². The molecule has 1 saturated heterocycles. The highest BCUT2D eigenvalue weighted by molar-refractivity contribution is 5.94. The molecule has 1 aliphatic carbocycles. The molecular weight excluding hydrogens is 361 g/mol. The molecule has 1 N–H and O–H groups in total. The lowest BCUT2D eigenvalue weighted by Gasteiger charge is -2.27. The predicted molar refractivity (Wildman–Crippen MR) is 104 cm³/mol. The molecule has 0 radical (unpaired) electrons. The molecule has 3 rings (SSSR count). The molecule has 1 amide bonds. The summed E-state index contributed by atoms with van der Waals surface area (Å²) in [4.78, 5) is 18.6. The van der Waals surface area contributed by atoms with E-state index in [2.05, 4.69) is 10.3 Å². The first-order valence-electron chi connectivity index (χ1n) is 8.92. The van der Waals surface area contributed by atoms with Crippen molar-refractivity contribution < 1.29 is 9.53 Å². The molecule has 0 spiro atoms. The van der Waals surface area contributed by atoms with Crippen LogP contribution in [0.25, 0.3) is 0 Å². The topological polar surface area (TPSA) is 54.5 Å². The van der Waals surface area contributed by atoms with E-state index < -0.39 is 0 Å². The zero-order valence-electron chi connectivity index (χ0n) is 14.6. The van der Waals surface area contributed by atoms with Gasteiger partial charge in [0.15, 0.2) is 0 Å². The number of piperazine rings is 1. The second kappa shape index (κ2) is 11.6. The molecule has 1 aliphatic heterocycles. The van der Waals surface area contributed by atoms with Crippen LogP contribution in [0.4, 0.5) is 0 Å². The molecule has 0 bridgehead atoms. The van der Waals surface area contributed by atoms with Gasteiger partial charge in [-0.15, -0.1) is 24.8 Å². The number of ether oxygens (including phenoxy) is 1. The van der Waals surface area contributed by atoms with Crippen LogP contribution in [0.3, 0.4) is 0 Å². The van der Waals surface area contributed by atoms with Crippen molar-refractivity contribution in [2.24, 2.45) is 5.92 Å². The smallest absolute Gasteiger partial charge is 0.254 e. The molecule has 1 aromatic heterocycles. The highest BCUT2D eigenvalue weighted by atomic mass is 35.5. The number of carbonyl (C=O) groups excluding carboxylic acids is 1. The average molecular weight is 390 g/mol. The van der Waals surface area contributed by atoms with E-state index in [1.54, 1.807) is 18.3 Å². The first-order valence-corrected chi connectivity index (χ1v) is 8.92. The number of carbonyl (C=O) groups is 1. The second-order valence-corrected chi connectivity index (χ2v) is 6.57. The van der Waals surface area contributed by atoms with Crippen LogP contribution in [0.2, 0.25) is 0 Å². The van der Waals surface area contributed by atoms with Gasteiger partial charge in [0.05, 0.1) is 6.61 Å². The maximum Gasteiger partial charge on any atom is 0.254 e. The van der Waals surface area contributed by atoms with Gasteiger partial charge >= 0.3 is 0 Å². The number of halogens is 2. The number of hydrogen-bond donors (Lipinski definition) is 1. The number of pyridine rings is 1. The first-order chi connectivity index (χ1) is 11.3. The number of rotatable bonds is 5. The van der Waals surface area contributed by atoms with E-state index in [0.717, 1.165) is 38.5 Å². The highest BCUT2D eigenvalue weighted by Crippen LogP contribution is 2.26. The van der Waals surface area contributed by atoms with Gasteiger partial charge in [0.2, 0.25) is 5.88 Å². The van der Waals surface area contributed by atoms with Gasteiger partial charge in [-0.1, -0.05) is 32.1 Å². The van der Waals surface area contributed by atoms with Crippen LogP contribution in [0.5, 0.6) is 5.88 Å². The lowest BCUT2D eigenvalue weighted by Crippen LogP contribution is -2.46. The Balaban J connectivity index is 0.00000156. The van der Waals surface area contributed by atoms with Crippen molar-refractivity contribution in [3.8, 4) is 5.88 Å². The van der Waals surface area contributed by atoms with Crippen molar-refractivity contribution >= 4 is 30.7 Å². The monoisotopic (exact) mass is 389 g/mol. The summed E-state index contributed by atoms with van der Waals surface area (Å²) in [6.07, 6.45) is 9.53. The molecule has 0 aromatic carbocycles. The Kier molecular flexibility index (Phi) is 10.2.